The summed E-state index contributed by atoms with van der Waals surface area (Å²) in [5.41, 5.74) is 3.21. The smallest absolute Gasteiger partial charge is 0.225 e. The minimum atomic E-state index is 0.315. The van der Waals surface area contributed by atoms with E-state index < -0.39 is 0 Å². The molecule has 1 aromatic heterocycles. The Bertz CT molecular complexity index is 883. The minimum absolute atomic E-state index is 0.315. The summed E-state index contributed by atoms with van der Waals surface area (Å²) in [5.74, 6) is 2.35. The van der Waals surface area contributed by atoms with Crippen molar-refractivity contribution in [2.24, 2.45) is 0 Å². The van der Waals surface area contributed by atoms with Crippen LogP contribution < -0.4 is 15.4 Å². The summed E-state index contributed by atoms with van der Waals surface area (Å²) >= 11 is 0. The molecule has 0 aliphatic carbocycles. The number of anilines is 2. The molecule has 0 saturated carbocycles. The van der Waals surface area contributed by atoms with E-state index in [0.29, 0.717) is 12.0 Å². The van der Waals surface area contributed by atoms with Crippen LogP contribution in [0.15, 0.2) is 60.7 Å². The van der Waals surface area contributed by atoms with E-state index in [9.17, 15) is 0 Å². The van der Waals surface area contributed by atoms with Gasteiger partial charge in [0.05, 0.1) is 12.8 Å². The van der Waals surface area contributed by atoms with Gasteiger partial charge in [-0.25, -0.2) is 4.98 Å². The fourth-order valence-corrected chi connectivity index (χ4v) is 2.84. The van der Waals surface area contributed by atoms with Crippen molar-refractivity contribution < 1.29 is 4.74 Å². The van der Waals surface area contributed by atoms with E-state index in [-0.39, 0.29) is 0 Å². The molecule has 0 radical (unpaired) electrons. The van der Waals surface area contributed by atoms with Gasteiger partial charge >= 0.3 is 0 Å². The molecular formula is C23H28N4O. The molecule has 5 nitrogen and oxygen atoms in total. The summed E-state index contributed by atoms with van der Waals surface area (Å²) in [6.07, 6.45) is 1.90. The lowest BCUT2D eigenvalue weighted by atomic mass is 10.1. The zero-order valence-corrected chi connectivity index (χ0v) is 16.8. The van der Waals surface area contributed by atoms with Gasteiger partial charge in [0.1, 0.15) is 11.6 Å². The van der Waals surface area contributed by atoms with E-state index in [1.165, 1.54) is 5.56 Å². The third-order valence-electron chi connectivity index (χ3n) is 4.64. The van der Waals surface area contributed by atoms with Crippen molar-refractivity contribution in [3.63, 3.8) is 0 Å². The monoisotopic (exact) mass is 376 g/mol. The first kappa shape index (κ1) is 19.7. The number of aromatic nitrogens is 2. The third-order valence-corrected chi connectivity index (χ3v) is 4.64. The number of hydrogen-bond donors (Lipinski definition) is 2. The molecule has 3 aromatic rings. The van der Waals surface area contributed by atoms with Crippen LogP contribution in [0.3, 0.4) is 0 Å². The molecule has 1 heterocycles. The Kier molecular flexibility index (Phi) is 6.84. The molecule has 1 unspecified atom stereocenters. The van der Waals surface area contributed by atoms with Gasteiger partial charge in [-0.3, -0.25) is 0 Å². The van der Waals surface area contributed by atoms with Gasteiger partial charge in [0.15, 0.2) is 0 Å². The van der Waals surface area contributed by atoms with Gasteiger partial charge in [0.2, 0.25) is 5.95 Å². The molecule has 3 rings (SSSR count). The number of hydrogen-bond acceptors (Lipinski definition) is 5. The quantitative estimate of drug-likeness (QED) is 0.549. The molecule has 0 aliphatic heterocycles. The lowest BCUT2D eigenvalue weighted by molar-refractivity contribution is 0.414. The molecule has 0 spiro atoms. The van der Waals surface area contributed by atoms with E-state index in [2.05, 4.69) is 53.7 Å². The van der Waals surface area contributed by atoms with Crippen LogP contribution in [0.25, 0.3) is 11.3 Å². The molecule has 0 saturated heterocycles. The first-order chi connectivity index (χ1) is 13.7. The Hall–Kier alpha value is -3.08. The third kappa shape index (κ3) is 5.46. The number of benzene rings is 2. The molecule has 146 valence electrons. The van der Waals surface area contributed by atoms with Crippen molar-refractivity contribution in [2.75, 3.05) is 24.3 Å². The number of ether oxygens (including phenoxy) is 1. The van der Waals surface area contributed by atoms with Crippen molar-refractivity contribution in [1.82, 2.24) is 9.97 Å². The molecule has 0 aliphatic rings. The first-order valence-corrected chi connectivity index (χ1v) is 9.75. The standard InChI is InChI=1S/C23H28N4O/c1-4-17(2)25-23-26-21(19-10-6-5-7-11-19)16-22(27-23)24-14-13-18-9-8-12-20(15-18)28-3/h5-12,15-17H,4,13-14H2,1-3H3,(H2,24,25,26,27). The van der Waals surface area contributed by atoms with Crippen LogP contribution in [0.2, 0.25) is 0 Å². The van der Waals surface area contributed by atoms with Crippen molar-refractivity contribution in [3.05, 3.63) is 66.2 Å². The molecule has 2 N–H and O–H groups in total. The van der Waals surface area contributed by atoms with E-state index in [1.807, 2.05) is 36.4 Å². The molecule has 0 fully saturated rings. The average molecular weight is 377 g/mol. The van der Waals surface area contributed by atoms with Gasteiger partial charge in [-0.1, -0.05) is 49.4 Å². The van der Waals surface area contributed by atoms with Gasteiger partial charge in [-0.15, -0.1) is 0 Å². The Morgan fingerprint density at radius 3 is 2.57 bits per heavy atom. The molecule has 0 amide bonds. The Morgan fingerprint density at radius 2 is 1.82 bits per heavy atom. The lowest BCUT2D eigenvalue weighted by Gasteiger charge is -2.15. The van der Waals surface area contributed by atoms with Crippen LogP contribution in [-0.2, 0) is 6.42 Å². The summed E-state index contributed by atoms with van der Waals surface area (Å²) in [6.45, 7) is 5.06. The summed E-state index contributed by atoms with van der Waals surface area (Å²) in [6, 6.07) is 20.6. The van der Waals surface area contributed by atoms with E-state index in [4.69, 9.17) is 9.72 Å². The highest BCUT2D eigenvalue weighted by atomic mass is 16.5. The molecule has 1 atom stereocenters. The average Bonchev–Trinajstić information content (AvgIpc) is 2.74. The zero-order valence-electron chi connectivity index (χ0n) is 16.8. The molecular weight excluding hydrogens is 348 g/mol. The Labute approximate surface area is 167 Å². The van der Waals surface area contributed by atoms with Crippen LogP contribution >= 0.6 is 0 Å². The van der Waals surface area contributed by atoms with Gasteiger partial charge in [0, 0.05) is 24.2 Å². The van der Waals surface area contributed by atoms with E-state index in [0.717, 1.165) is 42.2 Å². The maximum absolute atomic E-state index is 5.30. The van der Waals surface area contributed by atoms with Gasteiger partial charge in [-0.2, -0.15) is 4.98 Å². The molecule has 2 aromatic carbocycles. The second kappa shape index (κ2) is 9.74. The van der Waals surface area contributed by atoms with Crippen LogP contribution in [-0.4, -0.2) is 29.7 Å². The maximum Gasteiger partial charge on any atom is 0.225 e. The van der Waals surface area contributed by atoms with E-state index in [1.54, 1.807) is 7.11 Å². The fraction of sp³-hybridized carbons (Fsp3) is 0.304. The highest BCUT2D eigenvalue weighted by Crippen LogP contribution is 2.22. The lowest BCUT2D eigenvalue weighted by Crippen LogP contribution is -2.17. The van der Waals surface area contributed by atoms with Crippen LogP contribution in [0.1, 0.15) is 25.8 Å². The van der Waals surface area contributed by atoms with Gasteiger partial charge in [0.25, 0.3) is 0 Å². The topological polar surface area (TPSA) is 59.1 Å². The van der Waals surface area contributed by atoms with E-state index >= 15 is 0 Å². The molecule has 0 bridgehead atoms. The second-order valence-corrected chi connectivity index (χ2v) is 6.81. The molecule has 28 heavy (non-hydrogen) atoms. The SMILES string of the molecule is CCC(C)Nc1nc(NCCc2cccc(OC)c2)cc(-c2ccccc2)n1. The highest BCUT2D eigenvalue weighted by molar-refractivity contribution is 5.64. The fourth-order valence-electron chi connectivity index (χ4n) is 2.84. The number of methoxy groups -OCH3 is 1. The summed E-state index contributed by atoms with van der Waals surface area (Å²) in [7, 11) is 1.69. The van der Waals surface area contributed by atoms with Crippen LogP contribution in [0.5, 0.6) is 5.75 Å². The first-order valence-electron chi connectivity index (χ1n) is 9.75. The summed E-state index contributed by atoms with van der Waals surface area (Å²) < 4.78 is 5.30. The van der Waals surface area contributed by atoms with Gasteiger partial charge < -0.3 is 15.4 Å². The zero-order chi connectivity index (χ0) is 19.8. The Morgan fingerprint density at radius 1 is 1.00 bits per heavy atom. The number of rotatable bonds is 9. The van der Waals surface area contributed by atoms with Gasteiger partial charge in [-0.05, 0) is 37.5 Å². The van der Waals surface area contributed by atoms with Crippen molar-refractivity contribution in [3.8, 4) is 17.0 Å². The van der Waals surface area contributed by atoms with Crippen LogP contribution in [0.4, 0.5) is 11.8 Å². The van der Waals surface area contributed by atoms with Crippen LogP contribution in [0, 0.1) is 0 Å². The minimum Gasteiger partial charge on any atom is -0.497 e. The van der Waals surface area contributed by atoms with Crippen molar-refractivity contribution in [2.45, 2.75) is 32.7 Å². The highest BCUT2D eigenvalue weighted by Gasteiger charge is 2.09. The predicted octanol–water partition coefficient (Wildman–Crippen LogP) is 5.02. The summed E-state index contributed by atoms with van der Waals surface area (Å²) in [5, 5.41) is 6.83. The maximum atomic E-state index is 5.30. The number of nitrogens with one attached hydrogen (secondary N) is 2. The van der Waals surface area contributed by atoms with Crippen molar-refractivity contribution in [1.29, 1.82) is 0 Å². The molecule has 5 heteroatoms. The summed E-state index contributed by atoms with van der Waals surface area (Å²) in [4.78, 5) is 9.36. The largest absolute Gasteiger partial charge is 0.497 e. The predicted molar refractivity (Wildman–Crippen MR) is 116 cm³/mol. The number of nitrogens with zero attached hydrogens (tertiary/aromatic N) is 2. The second-order valence-electron chi connectivity index (χ2n) is 6.81. The van der Waals surface area contributed by atoms with Crippen molar-refractivity contribution >= 4 is 11.8 Å². The normalized spacial score (nSPS) is 11.7. The Balaban J connectivity index is 1.75.